The third-order valence-electron chi connectivity index (χ3n) is 2.23. The average Bonchev–Trinajstić information content (AvgIpc) is 2.78. The predicted molar refractivity (Wildman–Crippen MR) is 52.6 cm³/mol. The molecule has 1 aliphatic heterocycles. The first-order chi connectivity index (χ1) is 8.05. The highest BCUT2D eigenvalue weighted by molar-refractivity contribution is 5.72. The van der Waals surface area contributed by atoms with Crippen LogP contribution in [0.15, 0.2) is 28.8 Å². The fourth-order valence-corrected chi connectivity index (χ4v) is 1.59. The smallest absolute Gasteiger partial charge is 0.395 e. The van der Waals surface area contributed by atoms with Gasteiger partial charge in [0.2, 0.25) is 5.88 Å². The lowest BCUT2D eigenvalue weighted by molar-refractivity contribution is -0.286. The van der Waals surface area contributed by atoms with E-state index in [1.807, 2.05) is 0 Å². The molecule has 1 aromatic carbocycles. The molecule has 0 unspecified atom stereocenters. The van der Waals surface area contributed by atoms with Crippen LogP contribution in [-0.2, 0) is 0 Å². The van der Waals surface area contributed by atoms with Crippen molar-refractivity contribution in [2.75, 3.05) is 5.73 Å². The van der Waals surface area contributed by atoms with Gasteiger partial charge in [0.05, 0.1) is 5.56 Å². The van der Waals surface area contributed by atoms with Crippen molar-refractivity contribution in [1.82, 2.24) is 5.16 Å². The summed E-state index contributed by atoms with van der Waals surface area (Å²) in [7, 11) is 0. The number of hydrogen-bond donors (Lipinski definition) is 1. The fraction of sp³-hybridized carbons (Fsp3) is 0.100. The summed E-state index contributed by atoms with van der Waals surface area (Å²) in [4.78, 5) is 0. The normalized spacial score (nSPS) is 16.1. The third-order valence-corrected chi connectivity index (χ3v) is 2.23. The van der Waals surface area contributed by atoms with E-state index in [-0.39, 0.29) is 17.4 Å². The summed E-state index contributed by atoms with van der Waals surface area (Å²) in [6.45, 7) is 0. The molecule has 0 bridgehead atoms. The lowest BCUT2D eigenvalue weighted by Gasteiger charge is -2.05. The maximum absolute atomic E-state index is 12.9. The van der Waals surface area contributed by atoms with Crippen LogP contribution < -0.4 is 15.2 Å². The Labute approximate surface area is 93.7 Å². The summed E-state index contributed by atoms with van der Waals surface area (Å²) in [5, 5.41) is 3.63. The maximum atomic E-state index is 12.9. The van der Waals surface area contributed by atoms with Gasteiger partial charge in [-0.3, -0.25) is 0 Å². The summed E-state index contributed by atoms with van der Waals surface area (Å²) in [6, 6.07) is 5.89. The Morgan fingerprint density at radius 3 is 2.76 bits per heavy atom. The molecule has 2 heterocycles. The van der Waals surface area contributed by atoms with E-state index in [9.17, 15) is 8.78 Å². The summed E-state index contributed by atoms with van der Waals surface area (Å²) < 4.78 is 39.3. The van der Waals surface area contributed by atoms with Crippen molar-refractivity contribution >= 4 is 5.88 Å². The minimum Gasteiger partial charge on any atom is -0.395 e. The molecule has 1 aliphatic rings. The molecule has 88 valence electrons. The minimum atomic E-state index is -3.66. The van der Waals surface area contributed by atoms with Crippen LogP contribution >= 0.6 is 0 Å². The monoisotopic (exact) mass is 240 g/mol. The highest BCUT2D eigenvalue weighted by Gasteiger charge is 2.44. The molecule has 0 radical (unpaired) electrons. The summed E-state index contributed by atoms with van der Waals surface area (Å²) >= 11 is 0. The number of hydrogen-bond acceptors (Lipinski definition) is 5. The van der Waals surface area contributed by atoms with Gasteiger partial charge in [0, 0.05) is 6.07 Å². The van der Waals surface area contributed by atoms with Crippen molar-refractivity contribution < 1.29 is 22.8 Å². The number of anilines is 1. The number of ether oxygens (including phenoxy) is 2. The Kier molecular flexibility index (Phi) is 1.80. The van der Waals surface area contributed by atoms with Gasteiger partial charge in [0.15, 0.2) is 11.5 Å². The second kappa shape index (κ2) is 3.09. The van der Waals surface area contributed by atoms with Crippen molar-refractivity contribution in [3.8, 4) is 22.8 Å². The van der Waals surface area contributed by atoms with Crippen LogP contribution in [-0.4, -0.2) is 11.5 Å². The van der Waals surface area contributed by atoms with Crippen molar-refractivity contribution in [3.63, 3.8) is 0 Å². The van der Waals surface area contributed by atoms with E-state index < -0.39 is 6.29 Å². The molecule has 2 aromatic rings. The zero-order chi connectivity index (χ0) is 12.0. The molecular formula is C10H6F2N2O3. The van der Waals surface area contributed by atoms with Crippen LogP contribution in [0.1, 0.15) is 0 Å². The lowest BCUT2D eigenvalue weighted by Crippen LogP contribution is -2.26. The molecule has 0 saturated carbocycles. The SMILES string of the molecule is Nc1cc(-c2cccc3c2OC(F)(F)O3)no1. The molecule has 0 fully saturated rings. The third kappa shape index (κ3) is 1.55. The van der Waals surface area contributed by atoms with E-state index in [0.717, 1.165) is 0 Å². The van der Waals surface area contributed by atoms with Gasteiger partial charge in [0.25, 0.3) is 0 Å². The van der Waals surface area contributed by atoms with Crippen LogP contribution in [0, 0.1) is 0 Å². The van der Waals surface area contributed by atoms with Crippen LogP contribution in [0.2, 0.25) is 0 Å². The number of rotatable bonds is 1. The fourth-order valence-electron chi connectivity index (χ4n) is 1.59. The summed E-state index contributed by atoms with van der Waals surface area (Å²) in [5.41, 5.74) is 6.00. The molecule has 7 heteroatoms. The first-order valence-corrected chi connectivity index (χ1v) is 4.66. The van der Waals surface area contributed by atoms with Crippen molar-refractivity contribution in [1.29, 1.82) is 0 Å². The van der Waals surface area contributed by atoms with Crippen LogP contribution in [0.5, 0.6) is 11.5 Å². The van der Waals surface area contributed by atoms with E-state index in [1.165, 1.54) is 12.1 Å². The van der Waals surface area contributed by atoms with E-state index in [1.54, 1.807) is 12.1 Å². The van der Waals surface area contributed by atoms with Crippen LogP contribution in [0.3, 0.4) is 0 Å². The number of benzene rings is 1. The number of alkyl halides is 2. The van der Waals surface area contributed by atoms with Gasteiger partial charge >= 0.3 is 6.29 Å². The topological polar surface area (TPSA) is 70.5 Å². The maximum Gasteiger partial charge on any atom is 0.586 e. The van der Waals surface area contributed by atoms with Gasteiger partial charge in [-0.25, -0.2) is 0 Å². The van der Waals surface area contributed by atoms with Crippen molar-refractivity contribution in [2.24, 2.45) is 0 Å². The highest BCUT2D eigenvalue weighted by Crippen LogP contribution is 2.46. The standard InChI is InChI=1S/C10H6F2N2O3/c11-10(12)15-7-3-1-2-5(9(7)16-10)6-4-8(13)17-14-6/h1-4H,13H2. The van der Waals surface area contributed by atoms with E-state index >= 15 is 0 Å². The van der Waals surface area contributed by atoms with Crippen LogP contribution in [0.25, 0.3) is 11.3 Å². The zero-order valence-corrected chi connectivity index (χ0v) is 8.31. The summed E-state index contributed by atoms with van der Waals surface area (Å²) in [6.07, 6.45) is -3.66. The van der Waals surface area contributed by atoms with Gasteiger partial charge in [-0.05, 0) is 12.1 Å². The molecule has 0 saturated heterocycles. The molecule has 0 spiro atoms. The van der Waals surface area contributed by atoms with Gasteiger partial charge in [-0.1, -0.05) is 11.2 Å². The molecule has 5 nitrogen and oxygen atoms in total. The van der Waals surface area contributed by atoms with Gasteiger partial charge < -0.3 is 19.7 Å². The molecule has 3 rings (SSSR count). The summed E-state index contributed by atoms with van der Waals surface area (Å²) in [5.74, 6) is -0.0387. The Bertz CT molecular complexity index is 583. The number of halogens is 2. The second-order valence-electron chi connectivity index (χ2n) is 3.41. The molecule has 1 aromatic heterocycles. The zero-order valence-electron chi connectivity index (χ0n) is 8.31. The van der Waals surface area contributed by atoms with Gasteiger partial charge in [-0.2, -0.15) is 0 Å². The second-order valence-corrected chi connectivity index (χ2v) is 3.41. The number of para-hydroxylation sites is 1. The molecule has 0 aliphatic carbocycles. The van der Waals surface area contributed by atoms with Crippen molar-refractivity contribution in [2.45, 2.75) is 6.29 Å². The number of nitrogen functional groups attached to an aromatic ring is 1. The van der Waals surface area contributed by atoms with E-state index in [2.05, 4.69) is 19.2 Å². The molecular weight excluding hydrogens is 234 g/mol. The Morgan fingerprint density at radius 2 is 2.06 bits per heavy atom. The Morgan fingerprint density at radius 1 is 1.24 bits per heavy atom. The molecule has 17 heavy (non-hydrogen) atoms. The van der Waals surface area contributed by atoms with Crippen LogP contribution in [0.4, 0.5) is 14.7 Å². The number of nitrogens with zero attached hydrogens (tertiary/aromatic N) is 1. The van der Waals surface area contributed by atoms with E-state index in [0.29, 0.717) is 11.3 Å². The number of fused-ring (bicyclic) bond motifs is 1. The Balaban J connectivity index is 2.12. The number of aromatic nitrogens is 1. The predicted octanol–water partition coefficient (Wildman–Crippen LogP) is 2.25. The lowest BCUT2D eigenvalue weighted by atomic mass is 10.1. The van der Waals surface area contributed by atoms with Crippen molar-refractivity contribution in [3.05, 3.63) is 24.3 Å². The van der Waals surface area contributed by atoms with Gasteiger partial charge in [0.1, 0.15) is 5.69 Å². The minimum absolute atomic E-state index is 0.0472. The molecule has 0 atom stereocenters. The molecule has 0 amide bonds. The average molecular weight is 240 g/mol. The molecule has 2 N–H and O–H groups in total. The Hall–Kier alpha value is -2.31. The first-order valence-electron chi connectivity index (χ1n) is 4.66. The first kappa shape index (κ1) is 9.88. The number of nitrogens with two attached hydrogens (primary N) is 1. The van der Waals surface area contributed by atoms with Gasteiger partial charge in [-0.15, -0.1) is 8.78 Å². The largest absolute Gasteiger partial charge is 0.586 e. The quantitative estimate of drug-likeness (QED) is 0.827. The highest BCUT2D eigenvalue weighted by atomic mass is 19.3. The van der Waals surface area contributed by atoms with E-state index in [4.69, 9.17) is 5.73 Å².